The molecule has 84 valence electrons. The zero-order chi connectivity index (χ0) is 11.6. The van der Waals surface area contributed by atoms with Gasteiger partial charge in [-0.1, -0.05) is 6.92 Å². The smallest absolute Gasteiger partial charge is 0.342 e. The average Bonchev–Trinajstić information content (AvgIpc) is 2.41. The van der Waals surface area contributed by atoms with Crippen LogP contribution >= 0.6 is 0 Å². The number of esters is 1. The van der Waals surface area contributed by atoms with E-state index in [1.54, 1.807) is 6.92 Å². The Balaban J connectivity index is 2.91. The Morgan fingerprint density at radius 3 is 2.33 bits per heavy atom. The van der Waals surface area contributed by atoms with Crippen LogP contribution in [0.2, 0.25) is 0 Å². The second-order valence-corrected chi connectivity index (χ2v) is 3.84. The van der Waals surface area contributed by atoms with Crippen molar-refractivity contribution in [1.29, 1.82) is 0 Å². The van der Waals surface area contributed by atoms with Gasteiger partial charge in [-0.3, -0.25) is 0 Å². The Kier molecular flexibility index (Phi) is 3.56. The lowest BCUT2D eigenvalue weighted by molar-refractivity contribution is 0.0332. The predicted octanol–water partition coefficient (Wildman–Crippen LogP) is 3.16. The molecule has 1 unspecified atom stereocenters. The van der Waals surface area contributed by atoms with Crippen molar-refractivity contribution >= 4 is 5.97 Å². The van der Waals surface area contributed by atoms with Crippen LogP contribution in [0.1, 0.15) is 47.7 Å². The van der Waals surface area contributed by atoms with Crippen LogP contribution in [0.5, 0.6) is 0 Å². The molecule has 1 aromatic heterocycles. The molecule has 1 heterocycles. The summed E-state index contributed by atoms with van der Waals surface area (Å²) in [6, 6.07) is 0. The van der Waals surface area contributed by atoms with E-state index in [1.165, 1.54) is 0 Å². The fraction of sp³-hybridized carbons (Fsp3) is 0.583. The number of carbonyl (C=O) groups is 1. The van der Waals surface area contributed by atoms with E-state index in [2.05, 4.69) is 0 Å². The summed E-state index contributed by atoms with van der Waals surface area (Å²) in [7, 11) is 0. The maximum Gasteiger partial charge on any atom is 0.342 e. The highest BCUT2D eigenvalue weighted by atomic mass is 16.5. The maximum absolute atomic E-state index is 11.8. The number of hydrogen-bond donors (Lipinski definition) is 0. The summed E-state index contributed by atoms with van der Waals surface area (Å²) in [6.07, 6.45) is 0.771. The van der Waals surface area contributed by atoms with Crippen LogP contribution in [0.4, 0.5) is 0 Å². The maximum atomic E-state index is 11.8. The van der Waals surface area contributed by atoms with Gasteiger partial charge in [0.25, 0.3) is 0 Å². The highest BCUT2D eigenvalue weighted by Gasteiger charge is 2.20. The van der Waals surface area contributed by atoms with E-state index in [-0.39, 0.29) is 12.1 Å². The molecular formula is C12H18O3. The minimum absolute atomic E-state index is 0.0495. The molecule has 3 nitrogen and oxygen atoms in total. The van der Waals surface area contributed by atoms with Crippen molar-refractivity contribution in [3.63, 3.8) is 0 Å². The first-order chi connectivity index (χ1) is 6.97. The van der Waals surface area contributed by atoms with Crippen LogP contribution < -0.4 is 0 Å². The molecule has 0 radical (unpaired) electrons. The van der Waals surface area contributed by atoms with Crippen molar-refractivity contribution in [2.75, 3.05) is 0 Å². The van der Waals surface area contributed by atoms with Gasteiger partial charge in [-0.25, -0.2) is 4.79 Å². The van der Waals surface area contributed by atoms with Gasteiger partial charge < -0.3 is 9.15 Å². The van der Waals surface area contributed by atoms with Gasteiger partial charge >= 0.3 is 5.97 Å². The molecule has 1 rings (SSSR count). The largest absolute Gasteiger partial charge is 0.465 e. The minimum Gasteiger partial charge on any atom is -0.465 e. The number of ether oxygens (including phenoxy) is 1. The van der Waals surface area contributed by atoms with E-state index >= 15 is 0 Å². The minimum atomic E-state index is -0.281. The number of rotatable bonds is 3. The first kappa shape index (κ1) is 11.8. The van der Waals surface area contributed by atoms with E-state index in [0.29, 0.717) is 11.3 Å². The molecular weight excluding hydrogens is 192 g/mol. The summed E-state index contributed by atoms with van der Waals surface area (Å²) in [6.45, 7) is 9.38. The molecule has 0 saturated heterocycles. The van der Waals surface area contributed by atoms with Gasteiger partial charge in [0, 0.05) is 5.56 Å². The Hall–Kier alpha value is -1.25. The Bertz CT molecular complexity index is 363. The highest BCUT2D eigenvalue weighted by Crippen LogP contribution is 2.22. The summed E-state index contributed by atoms with van der Waals surface area (Å²) < 4.78 is 10.6. The molecule has 15 heavy (non-hydrogen) atoms. The third-order valence-electron chi connectivity index (χ3n) is 2.65. The Labute approximate surface area is 90.4 Å². The highest BCUT2D eigenvalue weighted by molar-refractivity contribution is 5.92. The van der Waals surface area contributed by atoms with Crippen molar-refractivity contribution in [2.45, 2.75) is 47.1 Å². The zero-order valence-corrected chi connectivity index (χ0v) is 10.0. The molecule has 0 fully saturated rings. The van der Waals surface area contributed by atoms with E-state index in [4.69, 9.17) is 9.15 Å². The molecule has 0 saturated carbocycles. The number of furan rings is 1. The molecule has 0 N–H and O–H groups in total. The molecule has 0 bridgehead atoms. The van der Waals surface area contributed by atoms with Gasteiger partial charge in [0.1, 0.15) is 17.1 Å². The monoisotopic (exact) mass is 210 g/mol. The molecule has 0 aliphatic rings. The molecule has 0 aliphatic heterocycles. The van der Waals surface area contributed by atoms with E-state index in [9.17, 15) is 4.79 Å². The van der Waals surface area contributed by atoms with Gasteiger partial charge in [-0.05, 0) is 34.1 Å². The van der Waals surface area contributed by atoms with Crippen LogP contribution in [0.15, 0.2) is 4.42 Å². The molecule has 0 amide bonds. The van der Waals surface area contributed by atoms with Crippen LogP contribution in [0, 0.1) is 20.8 Å². The predicted molar refractivity (Wildman–Crippen MR) is 58.1 cm³/mol. The molecule has 1 atom stereocenters. The third-order valence-corrected chi connectivity index (χ3v) is 2.65. The van der Waals surface area contributed by atoms with Crippen molar-refractivity contribution in [3.8, 4) is 0 Å². The second kappa shape index (κ2) is 4.51. The zero-order valence-electron chi connectivity index (χ0n) is 10.0. The number of carbonyl (C=O) groups excluding carboxylic acids is 1. The fourth-order valence-corrected chi connectivity index (χ4v) is 1.42. The summed E-state index contributed by atoms with van der Waals surface area (Å²) in [5, 5.41) is 0. The summed E-state index contributed by atoms with van der Waals surface area (Å²) in [4.78, 5) is 11.8. The lowest BCUT2D eigenvalue weighted by atomic mass is 10.1. The molecule has 3 heteroatoms. The van der Waals surface area contributed by atoms with E-state index < -0.39 is 0 Å². The molecule has 0 aromatic carbocycles. The second-order valence-electron chi connectivity index (χ2n) is 3.84. The third kappa shape index (κ3) is 2.41. The SMILES string of the molecule is CCC(C)OC(=O)c1c(C)oc(C)c1C. The lowest BCUT2D eigenvalue weighted by Crippen LogP contribution is -2.15. The number of hydrogen-bond acceptors (Lipinski definition) is 3. The lowest BCUT2D eigenvalue weighted by Gasteiger charge is -2.10. The summed E-state index contributed by atoms with van der Waals surface area (Å²) in [5.41, 5.74) is 1.45. The topological polar surface area (TPSA) is 39.4 Å². The van der Waals surface area contributed by atoms with E-state index in [0.717, 1.165) is 17.7 Å². The van der Waals surface area contributed by atoms with Gasteiger partial charge in [0.05, 0.1) is 6.10 Å². The standard InChI is InChI=1S/C12H18O3/c1-6-7(2)14-12(13)11-8(3)9(4)15-10(11)5/h7H,6H2,1-5H3. The van der Waals surface area contributed by atoms with Crippen molar-refractivity contribution in [3.05, 3.63) is 22.6 Å². The van der Waals surface area contributed by atoms with Crippen LogP contribution in [0.25, 0.3) is 0 Å². The normalized spacial score (nSPS) is 12.6. The Morgan fingerprint density at radius 2 is 1.93 bits per heavy atom. The summed E-state index contributed by atoms with van der Waals surface area (Å²) >= 11 is 0. The van der Waals surface area contributed by atoms with Gasteiger partial charge in [0.15, 0.2) is 0 Å². The fourth-order valence-electron chi connectivity index (χ4n) is 1.42. The molecule has 0 spiro atoms. The van der Waals surface area contributed by atoms with Crippen molar-refractivity contribution in [2.24, 2.45) is 0 Å². The van der Waals surface area contributed by atoms with Gasteiger partial charge in [-0.15, -0.1) is 0 Å². The van der Waals surface area contributed by atoms with Crippen molar-refractivity contribution in [1.82, 2.24) is 0 Å². The molecule has 1 aromatic rings. The quantitative estimate of drug-likeness (QED) is 0.719. The Morgan fingerprint density at radius 1 is 1.33 bits per heavy atom. The number of aryl methyl sites for hydroxylation is 2. The van der Waals surface area contributed by atoms with E-state index in [1.807, 2.05) is 27.7 Å². The summed E-state index contributed by atoms with van der Waals surface area (Å²) in [5.74, 6) is 1.14. The first-order valence-electron chi connectivity index (χ1n) is 5.24. The van der Waals surface area contributed by atoms with Crippen molar-refractivity contribution < 1.29 is 13.9 Å². The van der Waals surface area contributed by atoms with Gasteiger partial charge in [0.2, 0.25) is 0 Å². The average molecular weight is 210 g/mol. The van der Waals surface area contributed by atoms with Crippen LogP contribution in [0.3, 0.4) is 0 Å². The van der Waals surface area contributed by atoms with Gasteiger partial charge in [-0.2, -0.15) is 0 Å². The molecule has 0 aliphatic carbocycles. The first-order valence-corrected chi connectivity index (χ1v) is 5.24. The van der Waals surface area contributed by atoms with Crippen LogP contribution in [-0.4, -0.2) is 12.1 Å². The van der Waals surface area contributed by atoms with Crippen LogP contribution in [-0.2, 0) is 4.74 Å².